The molecule has 3 rings (SSSR count). The van der Waals surface area contributed by atoms with Crippen molar-refractivity contribution in [3.05, 3.63) is 23.4 Å². The summed E-state index contributed by atoms with van der Waals surface area (Å²) in [6.45, 7) is 2.85. The van der Waals surface area contributed by atoms with Crippen LogP contribution in [-0.2, 0) is 4.74 Å². The second-order valence-electron chi connectivity index (χ2n) is 5.41. The van der Waals surface area contributed by atoms with E-state index in [2.05, 4.69) is 23.0 Å². The fourth-order valence-corrected chi connectivity index (χ4v) is 3.15. The highest BCUT2D eigenvalue weighted by Crippen LogP contribution is 2.36. The largest absolute Gasteiger partial charge is 0.384 e. The second-order valence-corrected chi connectivity index (χ2v) is 5.41. The lowest BCUT2D eigenvalue weighted by Gasteiger charge is -2.23. The molecule has 18 heavy (non-hydrogen) atoms. The van der Waals surface area contributed by atoms with Gasteiger partial charge in [-0.2, -0.15) is 0 Å². The van der Waals surface area contributed by atoms with Crippen LogP contribution in [0.4, 0.5) is 5.82 Å². The van der Waals surface area contributed by atoms with E-state index in [9.17, 15) is 0 Å². The van der Waals surface area contributed by atoms with Gasteiger partial charge in [0.15, 0.2) is 0 Å². The highest BCUT2D eigenvalue weighted by atomic mass is 16.5. The Morgan fingerprint density at radius 2 is 2.28 bits per heavy atom. The highest BCUT2D eigenvalue weighted by Gasteiger charge is 2.30. The van der Waals surface area contributed by atoms with Crippen molar-refractivity contribution in [3.63, 3.8) is 0 Å². The van der Waals surface area contributed by atoms with Crippen molar-refractivity contribution in [3.8, 4) is 0 Å². The molecule has 0 amide bonds. The predicted octanol–water partition coefficient (Wildman–Crippen LogP) is 1.93. The summed E-state index contributed by atoms with van der Waals surface area (Å²) in [4.78, 5) is 7.02. The molecule has 0 radical (unpaired) electrons. The number of aromatic nitrogens is 1. The molecule has 2 saturated heterocycles. The van der Waals surface area contributed by atoms with Gasteiger partial charge in [0.25, 0.3) is 0 Å². The zero-order valence-electron chi connectivity index (χ0n) is 10.9. The Morgan fingerprint density at radius 1 is 1.39 bits per heavy atom. The Hall–Kier alpha value is -1.13. The molecule has 0 bridgehead atoms. The van der Waals surface area contributed by atoms with Crippen LogP contribution in [0.1, 0.15) is 42.5 Å². The van der Waals surface area contributed by atoms with Crippen LogP contribution in [0.15, 0.2) is 12.1 Å². The Kier molecular flexibility index (Phi) is 3.22. The van der Waals surface area contributed by atoms with Crippen molar-refractivity contribution in [2.24, 2.45) is 0 Å². The molecule has 0 saturated carbocycles. The van der Waals surface area contributed by atoms with E-state index in [0.29, 0.717) is 17.8 Å². The Morgan fingerprint density at radius 3 is 2.94 bits per heavy atom. The van der Waals surface area contributed by atoms with Crippen LogP contribution in [-0.4, -0.2) is 36.7 Å². The van der Waals surface area contributed by atoms with Gasteiger partial charge < -0.3 is 10.5 Å². The molecule has 4 heteroatoms. The molecule has 1 aromatic heterocycles. The van der Waals surface area contributed by atoms with Gasteiger partial charge in [-0.25, -0.2) is 4.98 Å². The number of likely N-dealkylation sites (tertiary alicyclic amines) is 1. The topological polar surface area (TPSA) is 51.4 Å². The summed E-state index contributed by atoms with van der Waals surface area (Å²) in [6.07, 6.45) is 3.54. The minimum atomic E-state index is 0.434. The van der Waals surface area contributed by atoms with Crippen LogP contribution in [0.3, 0.4) is 0 Å². The van der Waals surface area contributed by atoms with Gasteiger partial charge in [-0.05, 0) is 44.5 Å². The number of rotatable bonds is 2. The van der Waals surface area contributed by atoms with Gasteiger partial charge >= 0.3 is 0 Å². The number of nitrogens with zero attached hydrogens (tertiary/aromatic N) is 2. The van der Waals surface area contributed by atoms with E-state index in [1.165, 1.54) is 24.1 Å². The molecule has 4 nitrogen and oxygen atoms in total. The lowest BCUT2D eigenvalue weighted by Crippen LogP contribution is -2.21. The molecule has 3 heterocycles. The summed E-state index contributed by atoms with van der Waals surface area (Å²) in [5.74, 6) is 1.13. The lowest BCUT2D eigenvalue weighted by molar-refractivity contribution is 0.193. The molecule has 2 aliphatic rings. The molecule has 0 spiro atoms. The number of pyridine rings is 1. The van der Waals surface area contributed by atoms with Crippen molar-refractivity contribution in [2.75, 3.05) is 32.5 Å². The molecule has 2 fully saturated rings. The normalized spacial score (nSPS) is 28.9. The molecule has 1 aromatic rings. The number of hydrogen-bond acceptors (Lipinski definition) is 4. The van der Waals surface area contributed by atoms with Crippen LogP contribution < -0.4 is 5.73 Å². The monoisotopic (exact) mass is 247 g/mol. The average molecular weight is 247 g/mol. The van der Waals surface area contributed by atoms with Crippen molar-refractivity contribution >= 4 is 5.82 Å². The third kappa shape index (κ3) is 2.10. The van der Waals surface area contributed by atoms with Gasteiger partial charge in [-0.15, -0.1) is 0 Å². The number of nitrogens with two attached hydrogens (primary N) is 1. The quantitative estimate of drug-likeness (QED) is 0.867. The molecule has 2 aliphatic heterocycles. The molecule has 2 atom stereocenters. The van der Waals surface area contributed by atoms with Crippen molar-refractivity contribution in [1.29, 1.82) is 0 Å². The smallest absolute Gasteiger partial charge is 0.123 e. The van der Waals surface area contributed by atoms with Gasteiger partial charge in [-0.1, -0.05) is 6.07 Å². The van der Waals surface area contributed by atoms with Crippen molar-refractivity contribution < 1.29 is 4.74 Å². The maximum absolute atomic E-state index is 5.88. The first kappa shape index (κ1) is 11.9. The van der Waals surface area contributed by atoms with E-state index in [1.54, 1.807) is 0 Å². The summed E-state index contributed by atoms with van der Waals surface area (Å²) in [5, 5.41) is 0. The third-order valence-corrected chi connectivity index (χ3v) is 4.18. The Bertz CT molecular complexity index is 429. The summed E-state index contributed by atoms with van der Waals surface area (Å²) in [6, 6.07) is 4.51. The van der Waals surface area contributed by atoms with E-state index >= 15 is 0 Å². The summed E-state index contributed by atoms with van der Waals surface area (Å²) >= 11 is 0. The molecular weight excluding hydrogens is 226 g/mol. The van der Waals surface area contributed by atoms with E-state index < -0.39 is 0 Å². The fourth-order valence-electron chi connectivity index (χ4n) is 3.15. The fraction of sp³-hybridized carbons (Fsp3) is 0.643. The molecule has 0 aliphatic carbocycles. The van der Waals surface area contributed by atoms with Gasteiger partial charge in [0.05, 0.1) is 18.3 Å². The van der Waals surface area contributed by atoms with Crippen LogP contribution in [0.25, 0.3) is 0 Å². The Labute approximate surface area is 108 Å². The lowest BCUT2D eigenvalue weighted by atomic mass is 9.93. The zero-order valence-corrected chi connectivity index (χ0v) is 10.9. The van der Waals surface area contributed by atoms with E-state index in [4.69, 9.17) is 10.5 Å². The van der Waals surface area contributed by atoms with Gasteiger partial charge in [-0.3, -0.25) is 4.90 Å². The van der Waals surface area contributed by atoms with Gasteiger partial charge in [0.1, 0.15) is 5.82 Å². The van der Waals surface area contributed by atoms with E-state index in [-0.39, 0.29) is 0 Å². The van der Waals surface area contributed by atoms with Gasteiger partial charge in [0.2, 0.25) is 0 Å². The Balaban J connectivity index is 1.97. The first-order valence-corrected chi connectivity index (χ1v) is 6.80. The number of ether oxygens (including phenoxy) is 1. The van der Waals surface area contributed by atoms with Crippen LogP contribution in [0.5, 0.6) is 0 Å². The summed E-state index contributed by atoms with van der Waals surface area (Å²) < 4.78 is 5.51. The van der Waals surface area contributed by atoms with Gasteiger partial charge in [0, 0.05) is 12.5 Å². The van der Waals surface area contributed by atoms with Crippen molar-refractivity contribution in [1.82, 2.24) is 9.88 Å². The third-order valence-electron chi connectivity index (χ3n) is 4.18. The van der Waals surface area contributed by atoms with Crippen LogP contribution >= 0.6 is 0 Å². The standard InChI is InChI=1S/C14H21N3O/c1-17-7-2-3-12(17)14-11(4-5-13(15)16-14)10-6-8-18-9-10/h4-5,10,12H,2-3,6-9H2,1H3,(H2,15,16). The molecular formula is C14H21N3O. The molecule has 2 unspecified atom stereocenters. The number of anilines is 1. The first-order chi connectivity index (χ1) is 8.75. The SMILES string of the molecule is CN1CCCC1c1nc(N)ccc1C1CCOC1. The summed E-state index contributed by atoms with van der Waals surface area (Å²) in [7, 11) is 2.18. The number of nitrogen functional groups attached to an aromatic ring is 1. The van der Waals surface area contributed by atoms with Crippen molar-refractivity contribution in [2.45, 2.75) is 31.2 Å². The maximum atomic E-state index is 5.88. The minimum Gasteiger partial charge on any atom is -0.384 e. The van der Waals surface area contributed by atoms with Crippen LogP contribution in [0, 0.1) is 0 Å². The average Bonchev–Trinajstić information content (AvgIpc) is 2.99. The second kappa shape index (κ2) is 4.86. The summed E-state index contributed by atoms with van der Waals surface area (Å²) in [5.41, 5.74) is 8.41. The minimum absolute atomic E-state index is 0.434. The molecule has 98 valence electrons. The number of hydrogen-bond donors (Lipinski definition) is 1. The first-order valence-electron chi connectivity index (χ1n) is 6.80. The maximum Gasteiger partial charge on any atom is 0.123 e. The zero-order chi connectivity index (χ0) is 12.5. The predicted molar refractivity (Wildman–Crippen MR) is 71.4 cm³/mol. The molecule has 2 N–H and O–H groups in total. The van der Waals surface area contributed by atoms with Crippen LogP contribution in [0.2, 0.25) is 0 Å². The van der Waals surface area contributed by atoms with E-state index in [1.807, 2.05) is 6.07 Å². The van der Waals surface area contributed by atoms with E-state index in [0.717, 1.165) is 26.2 Å². The molecule has 0 aromatic carbocycles. The highest BCUT2D eigenvalue weighted by molar-refractivity contribution is 5.38.